The Kier molecular flexibility index (Phi) is 4.32. The molecule has 0 unspecified atom stereocenters. The second kappa shape index (κ2) is 6.28. The molecule has 0 spiro atoms. The van der Waals surface area contributed by atoms with Crippen molar-refractivity contribution in [2.24, 2.45) is 0 Å². The van der Waals surface area contributed by atoms with Crippen LogP contribution in [-0.4, -0.2) is 18.0 Å². The zero-order valence-electron chi connectivity index (χ0n) is 14.0. The molecule has 0 saturated heterocycles. The Morgan fingerprint density at radius 1 is 1.12 bits per heavy atom. The largest absolute Gasteiger partial charge is 0.326 e. The highest BCUT2D eigenvalue weighted by Gasteiger charge is 2.14. The average Bonchev–Trinajstić information content (AvgIpc) is 2.82. The van der Waals surface area contributed by atoms with Crippen LogP contribution in [0.4, 0.5) is 5.69 Å². The van der Waals surface area contributed by atoms with Crippen LogP contribution in [-0.2, 0) is 15.8 Å². The number of nitrogens with one attached hydrogen (secondary N) is 1. The minimum atomic E-state index is -3.46. The van der Waals surface area contributed by atoms with E-state index in [0.29, 0.717) is 11.7 Å². The third-order valence-electron chi connectivity index (χ3n) is 3.86. The van der Waals surface area contributed by atoms with E-state index in [1.807, 2.05) is 31.2 Å². The molecule has 3 rings (SSSR count). The highest BCUT2D eigenvalue weighted by atomic mass is 32.2. The van der Waals surface area contributed by atoms with E-state index in [1.165, 1.54) is 0 Å². The molecule has 1 N–H and O–H groups in total. The first kappa shape index (κ1) is 16.5. The van der Waals surface area contributed by atoms with E-state index in [2.05, 4.69) is 28.1 Å². The summed E-state index contributed by atoms with van der Waals surface area (Å²) in [5, 5.41) is 0. The maximum atomic E-state index is 12.3. The Morgan fingerprint density at radius 2 is 1.83 bits per heavy atom. The van der Waals surface area contributed by atoms with Gasteiger partial charge in [0.25, 0.3) is 0 Å². The Balaban J connectivity index is 1.88. The third kappa shape index (κ3) is 3.43. The summed E-state index contributed by atoms with van der Waals surface area (Å²) in [5.74, 6) is 0.870. The van der Waals surface area contributed by atoms with Crippen molar-refractivity contribution < 1.29 is 8.42 Å². The van der Waals surface area contributed by atoms with Crippen molar-refractivity contribution in [3.63, 3.8) is 0 Å². The van der Waals surface area contributed by atoms with Gasteiger partial charge in [0.2, 0.25) is 10.0 Å². The lowest BCUT2D eigenvalue weighted by atomic mass is 10.2. The Labute approximate surface area is 142 Å². The number of rotatable bonds is 5. The van der Waals surface area contributed by atoms with Gasteiger partial charge >= 0.3 is 0 Å². The van der Waals surface area contributed by atoms with Gasteiger partial charge in [-0.3, -0.25) is 4.72 Å². The van der Waals surface area contributed by atoms with Gasteiger partial charge in [0.15, 0.2) is 0 Å². The molecule has 6 heteroatoms. The van der Waals surface area contributed by atoms with Crippen molar-refractivity contribution in [2.45, 2.75) is 32.6 Å². The fourth-order valence-electron chi connectivity index (χ4n) is 2.94. The van der Waals surface area contributed by atoms with Crippen molar-refractivity contribution >= 4 is 26.7 Å². The number of sulfonamides is 1. The van der Waals surface area contributed by atoms with Crippen LogP contribution in [0, 0.1) is 6.92 Å². The molecule has 2 aromatic carbocycles. The minimum Gasteiger partial charge on any atom is -0.326 e. The molecule has 0 saturated carbocycles. The van der Waals surface area contributed by atoms with Gasteiger partial charge < -0.3 is 4.57 Å². The number of hydrogen-bond donors (Lipinski definition) is 1. The van der Waals surface area contributed by atoms with E-state index in [4.69, 9.17) is 0 Å². The number of hydrogen-bond acceptors (Lipinski definition) is 3. The standard InChI is InChI=1S/C18H21N3O2S/c1-13(2)21-14(3)19-17-11-16(9-10-18(17)21)20-24(22,23)12-15-7-5-4-6-8-15/h4-11,13,20H,12H2,1-3H3. The lowest BCUT2D eigenvalue weighted by Gasteiger charge is -2.11. The molecule has 5 nitrogen and oxygen atoms in total. The van der Waals surface area contributed by atoms with Crippen LogP contribution in [0.1, 0.15) is 31.3 Å². The molecule has 0 radical (unpaired) electrons. The molecule has 0 atom stereocenters. The second-order valence-electron chi connectivity index (χ2n) is 6.17. The van der Waals surface area contributed by atoms with Crippen molar-refractivity contribution in [3.05, 3.63) is 59.9 Å². The van der Waals surface area contributed by atoms with Gasteiger partial charge in [0.1, 0.15) is 5.82 Å². The van der Waals surface area contributed by atoms with Gasteiger partial charge in [-0.1, -0.05) is 30.3 Å². The number of benzene rings is 2. The molecule has 1 aromatic heterocycles. The van der Waals surface area contributed by atoms with E-state index < -0.39 is 10.0 Å². The highest BCUT2D eigenvalue weighted by Crippen LogP contribution is 2.24. The minimum absolute atomic E-state index is 0.0503. The first-order valence-corrected chi connectivity index (χ1v) is 9.54. The Morgan fingerprint density at radius 3 is 2.50 bits per heavy atom. The summed E-state index contributed by atoms with van der Waals surface area (Å²) >= 11 is 0. The fourth-order valence-corrected chi connectivity index (χ4v) is 4.13. The van der Waals surface area contributed by atoms with Crippen LogP contribution in [0.15, 0.2) is 48.5 Å². The van der Waals surface area contributed by atoms with Gasteiger partial charge in [-0.05, 0) is 44.5 Å². The quantitative estimate of drug-likeness (QED) is 0.765. The van der Waals surface area contributed by atoms with Crippen LogP contribution < -0.4 is 4.72 Å². The Hall–Kier alpha value is -2.34. The number of aryl methyl sites for hydroxylation is 1. The number of nitrogens with zero attached hydrogens (tertiary/aromatic N) is 2. The third-order valence-corrected chi connectivity index (χ3v) is 5.12. The van der Waals surface area contributed by atoms with Crippen molar-refractivity contribution in [1.82, 2.24) is 9.55 Å². The molecule has 0 aliphatic heterocycles. The molecule has 3 aromatic rings. The molecule has 24 heavy (non-hydrogen) atoms. The van der Waals surface area contributed by atoms with Gasteiger partial charge in [0, 0.05) is 6.04 Å². The van der Waals surface area contributed by atoms with Crippen LogP contribution in [0.2, 0.25) is 0 Å². The maximum Gasteiger partial charge on any atom is 0.236 e. The zero-order chi connectivity index (χ0) is 17.3. The predicted molar refractivity (Wildman–Crippen MR) is 97.5 cm³/mol. The van der Waals surface area contributed by atoms with E-state index in [0.717, 1.165) is 22.4 Å². The van der Waals surface area contributed by atoms with E-state index >= 15 is 0 Å². The average molecular weight is 343 g/mol. The summed E-state index contributed by atoms with van der Waals surface area (Å²) < 4.78 is 29.5. The summed E-state index contributed by atoms with van der Waals surface area (Å²) in [4.78, 5) is 4.54. The number of imidazole rings is 1. The highest BCUT2D eigenvalue weighted by molar-refractivity contribution is 7.91. The second-order valence-corrected chi connectivity index (χ2v) is 7.90. The van der Waals surface area contributed by atoms with Crippen molar-refractivity contribution in [3.8, 4) is 0 Å². The molecular formula is C18H21N3O2S. The molecule has 0 fully saturated rings. The van der Waals surface area contributed by atoms with E-state index in [1.54, 1.807) is 24.3 Å². The first-order chi connectivity index (χ1) is 11.4. The first-order valence-electron chi connectivity index (χ1n) is 7.89. The molecule has 126 valence electrons. The molecular weight excluding hydrogens is 322 g/mol. The van der Waals surface area contributed by atoms with Crippen molar-refractivity contribution in [1.29, 1.82) is 0 Å². The molecule has 0 amide bonds. The SMILES string of the molecule is Cc1nc2cc(NS(=O)(=O)Cc3ccccc3)ccc2n1C(C)C. The van der Waals surface area contributed by atoms with Crippen LogP contribution >= 0.6 is 0 Å². The van der Waals surface area contributed by atoms with Gasteiger partial charge in [-0.2, -0.15) is 0 Å². The van der Waals surface area contributed by atoms with Crippen LogP contribution in [0.3, 0.4) is 0 Å². The summed E-state index contributed by atoms with van der Waals surface area (Å²) in [6.45, 7) is 6.16. The van der Waals surface area contributed by atoms with E-state index in [9.17, 15) is 8.42 Å². The number of aromatic nitrogens is 2. The molecule has 0 bridgehead atoms. The van der Waals surface area contributed by atoms with E-state index in [-0.39, 0.29) is 5.75 Å². The van der Waals surface area contributed by atoms with Gasteiger partial charge in [-0.25, -0.2) is 13.4 Å². The summed E-state index contributed by atoms with van der Waals surface area (Å²) in [6.07, 6.45) is 0. The van der Waals surface area contributed by atoms with Gasteiger partial charge in [0.05, 0.1) is 22.5 Å². The molecule has 0 aliphatic carbocycles. The number of anilines is 1. The van der Waals surface area contributed by atoms with Gasteiger partial charge in [-0.15, -0.1) is 0 Å². The normalized spacial score (nSPS) is 12.0. The lowest BCUT2D eigenvalue weighted by molar-refractivity contribution is 0.599. The maximum absolute atomic E-state index is 12.3. The Bertz CT molecular complexity index is 961. The summed E-state index contributed by atoms with van der Waals surface area (Å²) in [7, 11) is -3.46. The lowest BCUT2D eigenvalue weighted by Crippen LogP contribution is -2.15. The monoisotopic (exact) mass is 343 g/mol. The number of fused-ring (bicyclic) bond motifs is 1. The molecule has 0 aliphatic rings. The zero-order valence-corrected chi connectivity index (χ0v) is 14.8. The van der Waals surface area contributed by atoms with Crippen LogP contribution in [0.5, 0.6) is 0 Å². The predicted octanol–water partition coefficient (Wildman–Crippen LogP) is 3.87. The molecule has 1 heterocycles. The van der Waals surface area contributed by atoms with Crippen molar-refractivity contribution in [2.75, 3.05) is 4.72 Å². The summed E-state index contributed by atoms with van der Waals surface area (Å²) in [5.41, 5.74) is 3.09. The van der Waals surface area contributed by atoms with Crippen LogP contribution in [0.25, 0.3) is 11.0 Å². The smallest absolute Gasteiger partial charge is 0.236 e. The topological polar surface area (TPSA) is 64.0 Å². The fraction of sp³-hybridized carbons (Fsp3) is 0.278. The summed E-state index contributed by atoms with van der Waals surface area (Å²) in [6, 6.07) is 14.9.